The number of hydrogen-bond donors (Lipinski definition) is 3. The number of carbonyl (C=O) groups is 2. The van der Waals surface area contributed by atoms with Crippen LogP contribution in [-0.2, 0) is 4.79 Å². The highest BCUT2D eigenvalue weighted by molar-refractivity contribution is 5.96. The normalized spacial score (nSPS) is 20.8. The Labute approximate surface area is 108 Å². The molecule has 1 aliphatic heterocycles. The molecular formula is C12H24N4O2. The predicted octanol–water partition coefficient (Wildman–Crippen LogP) is -0.0956. The summed E-state index contributed by atoms with van der Waals surface area (Å²) in [6.45, 7) is 6.01. The predicted molar refractivity (Wildman–Crippen MR) is 70.3 cm³/mol. The first-order valence-electron chi connectivity index (χ1n) is 6.57. The number of imide groups is 1. The number of carbonyl (C=O) groups excluding carboxylic acids is 2. The largest absolute Gasteiger partial charge is 0.338 e. The van der Waals surface area contributed by atoms with E-state index in [1.165, 1.54) is 6.42 Å². The van der Waals surface area contributed by atoms with Crippen molar-refractivity contribution >= 4 is 11.9 Å². The summed E-state index contributed by atoms with van der Waals surface area (Å²) in [5.41, 5.74) is 0. The molecule has 1 rings (SSSR count). The molecule has 6 nitrogen and oxygen atoms in total. The van der Waals surface area contributed by atoms with Gasteiger partial charge in [-0.1, -0.05) is 0 Å². The molecule has 0 aromatic rings. The highest BCUT2D eigenvalue weighted by Gasteiger charge is 2.23. The highest BCUT2D eigenvalue weighted by Crippen LogP contribution is 2.07. The van der Waals surface area contributed by atoms with Crippen molar-refractivity contribution < 1.29 is 9.59 Å². The van der Waals surface area contributed by atoms with Crippen LogP contribution >= 0.6 is 0 Å². The molecule has 0 spiro atoms. The number of hydrogen-bond acceptors (Lipinski definition) is 4. The average Bonchev–Trinajstić information content (AvgIpc) is 2.80. The minimum Gasteiger partial charge on any atom is -0.338 e. The second kappa shape index (κ2) is 7.33. The Morgan fingerprint density at radius 2 is 2.22 bits per heavy atom. The van der Waals surface area contributed by atoms with Gasteiger partial charge in [0.2, 0.25) is 5.91 Å². The fraction of sp³-hybridized carbons (Fsp3) is 0.833. The van der Waals surface area contributed by atoms with E-state index in [1.807, 2.05) is 25.8 Å². The zero-order chi connectivity index (χ0) is 13.5. The lowest BCUT2D eigenvalue weighted by atomic mass is 10.2. The molecule has 0 radical (unpaired) electrons. The number of rotatable bonds is 5. The van der Waals surface area contributed by atoms with Crippen molar-refractivity contribution in [1.82, 2.24) is 20.9 Å². The van der Waals surface area contributed by atoms with E-state index in [4.69, 9.17) is 0 Å². The van der Waals surface area contributed by atoms with Gasteiger partial charge >= 0.3 is 6.03 Å². The standard InChI is InChI=1S/C12H24N4O2/c1-4-13-12(18)15-11(17)9(2)16(3)8-10-6-5-7-14-10/h9-10,14H,4-8H2,1-3H3,(H2,13,15,17,18). The van der Waals surface area contributed by atoms with E-state index >= 15 is 0 Å². The minimum absolute atomic E-state index is 0.263. The first kappa shape index (κ1) is 14.9. The lowest BCUT2D eigenvalue weighted by Crippen LogP contribution is -2.50. The smallest absolute Gasteiger partial charge is 0.321 e. The van der Waals surface area contributed by atoms with Gasteiger partial charge in [0.1, 0.15) is 0 Å². The number of urea groups is 1. The molecule has 1 heterocycles. The summed E-state index contributed by atoms with van der Waals surface area (Å²) in [5.74, 6) is -0.263. The van der Waals surface area contributed by atoms with Gasteiger partial charge < -0.3 is 10.6 Å². The Hall–Kier alpha value is -1.14. The van der Waals surface area contributed by atoms with E-state index in [-0.39, 0.29) is 11.9 Å². The summed E-state index contributed by atoms with van der Waals surface area (Å²) in [6.07, 6.45) is 2.34. The maximum absolute atomic E-state index is 11.8. The van der Waals surface area contributed by atoms with Crippen molar-refractivity contribution in [2.24, 2.45) is 0 Å². The van der Waals surface area contributed by atoms with Crippen LogP contribution in [0.2, 0.25) is 0 Å². The summed E-state index contributed by atoms with van der Waals surface area (Å²) in [6, 6.07) is -0.286. The summed E-state index contributed by atoms with van der Waals surface area (Å²) in [7, 11) is 1.90. The highest BCUT2D eigenvalue weighted by atomic mass is 16.2. The Balaban J connectivity index is 2.34. The molecule has 6 heteroatoms. The molecule has 18 heavy (non-hydrogen) atoms. The molecule has 3 amide bonds. The first-order valence-corrected chi connectivity index (χ1v) is 6.57. The lowest BCUT2D eigenvalue weighted by Gasteiger charge is -2.26. The molecule has 0 aliphatic carbocycles. The monoisotopic (exact) mass is 256 g/mol. The molecule has 0 bridgehead atoms. The summed E-state index contributed by atoms with van der Waals surface area (Å²) in [5, 5.41) is 8.27. The van der Waals surface area contributed by atoms with Crippen LogP contribution in [0.3, 0.4) is 0 Å². The Bertz CT molecular complexity index is 290. The number of nitrogens with zero attached hydrogens (tertiary/aromatic N) is 1. The van der Waals surface area contributed by atoms with Crippen LogP contribution in [0, 0.1) is 0 Å². The van der Waals surface area contributed by atoms with Crippen LogP contribution in [0.4, 0.5) is 4.79 Å². The third-order valence-corrected chi connectivity index (χ3v) is 3.29. The SMILES string of the molecule is CCNC(=O)NC(=O)C(C)N(C)CC1CCCN1. The summed E-state index contributed by atoms with van der Waals surface area (Å²) < 4.78 is 0. The van der Waals surface area contributed by atoms with Crippen molar-refractivity contribution in [2.45, 2.75) is 38.8 Å². The van der Waals surface area contributed by atoms with Crippen molar-refractivity contribution in [2.75, 3.05) is 26.7 Å². The van der Waals surface area contributed by atoms with Gasteiger partial charge in [0.05, 0.1) is 6.04 Å². The Morgan fingerprint density at radius 3 is 2.78 bits per heavy atom. The number of nitrogens with one attached hydrogen (secondary N) is 3. The van der Waals surface area contributed by atoms with Gasteiger partial charge in [0, 0.05) is 19.1 Å². The van der Waals surface area contributed by atoms with Crippen molar-refractivity contribution in [1.29, 1.82) is 0 Å². The van der Waals surface area contributed by atoms with Gasteiger partial charge in [-0.2, -0.15) is 0 Å². The van der Waals surface area contributed by atoms with Crippen LogP contribution in [0.1, 0.15) is 26.7 Å². The first-order chi connectivity index (χ1) is 8.54. The maximum atomic E-state index is 11.8. The molecule has 0 aromatic heterocycles. The molecule has 104 valence electrons. The molecule has 3 N–H and O–H groups in total. The van der Waals surface area contributed by atoms with Crippen LogP contribution in [0.5, 0.6) is 0 Å². The van der Waals surface area contributed by atoms with E-state index in [2.05, 4.69) is 16.0 Å². The van der Waals surface area contributed by atoms with Crippen molar-refractivity contribution in [3.8, 4) is 0 Å². The van der Waals surface area contributed by atoms with E-state index in [0.29, 0.717) is 12.6 Å². The van der Waals surface area contributed by atoms with Crippen molar-refractivity contribution in [3.63, 3.8) is 0 Å². The number of amides is 3. The molecule has 1 fully saturated rings. The molecule has 2 atom stereocenters. The van der Waals surface area contributed by atoms with Crippen LogP contribution < -0.4 is 16.0 Å². The topological polar surface area (TPSA) is 73.5 Å². The van der Waals surface area contributed by atoms with Crippen LogP contribution in [0.25, 0.3) is 0 Å². The number of likely N-dealkylation sites (N-methyl/N-ethyl adjacent to an activating group) is 1. The Kier molecular flexibility index (Phi) is 6.07. The van der Waals surface area contributed by atoms with Gasteiger partial charge in [-0.15, -0.1) is 0 Å². The van der Waals surface area contributed by atoms with Gasteiger partial charge in [-0.25, -0.2) is 4.79 Å². The molecule has 1 aliphatic rings. The third-order valence-electron chi connectivity index (χ3n) is 3.29. The molecular weight excluding hydrogens is 232 g/mol. The van der Waals surface area contributed by atoms with Gasteiger partial charge in [-0.3, -0.25) is 15.0 Å². The van der Waals surface area contributed by atoms with Gasteiger partial charge in [0.25, 0.3) is 0 Å². The van der Waals surface area contributed by atoms with Crippen LogP contribution in [-0.4, -0.2) is 55.6 Å². The average molecular weight is 256 g/mol. The van der Waals surface area contributed by atoms with Crippen molar-refractivity contribution in [3.05, 3.63) is 0 Å². The molecule has 1 saturated heterocycles. The molecule has 2 unspecified atom stereocenters. The maximum Gasteiger partial charge on any atom is 0.321 e. The zero-order valence-electron chi connectivity index (χ0n) is 11.5. The van der Waals surface area contributed by atoms with Gasteiger partial charge in [0.15, 0.2) is 0 Å². The zero-order valence-corrected chi connectivity index (χ0v) is 11.5. The second-order valence-corrected chi connectivity index (χ2v) is 4.76. The summed E-state index contributed by atoms with van der Waals surface area (Å²) >= 11 is 0. The van der Waals surface area contributed by atoms with E-state index in [9.17, 15) is 9.59 Å². The molecule has 0 aromatic carbocycles. The third kappa shape index (κ3) is 4.62. The molecule has 0 saturated carbocycles. The minimum atomic E-state index is -0.429. The Morgan fingerprint density at radius 1 is 1.50 bits per heavy atom. The van der Waals surface area contributed by atoms with Crippen LogP contribution in [0.15, 0.2) is 0 Å². The summed E-state index contributed by atoms with van der Waals surface area (Å²) in [4.78, 5) is 25.0. The fourth-order valence-corrected chi connectivity index (χ4v) is 2.04. The van der Waals surface area contributed by atoms with Gasteiger partial charge in [-0.05, 0) is 40.3 Å². The van der Waals surface area contributed by atoms with E-state index in [0.717, 1.165) is 19.5 Å². The lowest BCUT2D eigenvalue weighted by molar-refractivity contribution is -0.124. The second-order valence-electron chi connectivity index (χ2n) is 4.76. The van der Waals surface area contributed by atoms with E-state index < -0.39 is 6.03 Å². The quantitative estimate of drug-likeness (QED) is 0.642. The fourth-order valence-electron chi connectivity index (χ4n) is 2.04. The van der Waals surface area contributed by atoms with E-state index in [1.54, 1.807) is 0 Å².